The third-order valence-corrected chi connectivity index (χ3v) is 5.24. The van der Waals surface area contributed by atoms with Crippen molar-refractivity contribution in [1.82, 2.24) is 0 Å². The molecule has 1 atom stereocenters. The summed E-state index contributed by atoms with van der Waals surface area (Å²) in [6, 6.07) is 21.5. The molecule has 2 N–H and O–H groups in total. The Balaban J connectivity index is 1.64. The molecule has 3 aromatic carbocycles. The summed E-state index contributed by atoms with van der Waals surface area (Å²) in [5.74, 6) is 0.734. The molecule has 0 aliphatic carbocycles. The van der Waals surface area contributed by atoms with Gasteiger partial charge in [0.05, 0.1) is 5.69 Å². The number of ether oxygens (including phenoxy) is 1. The van der Waals surface area contributed by atoms with E-state index in [0.717, 1.165) is 21.3 Å². The van der Waals surface area contributed by atoms with Crippen molar-refractivity contribution in [3.8, 4) is 5.75 Å². The SMILES string of the molecule is Cc1ccc(NC(=O)Nc2cc(Br)cc3c2OCC=CC3c2ccccc2)cc1. The lowest BCUT2D eigenvalue weighted by Gasteiger charge is -2.20. The minimum Gasteiger partial charge on any atom is -0.487 e. The van der Waals surface area contributed by atoms with Gasteiger partial charge in [-0.25, -0.2) is 4.79 Å². The van der Waals surface area contributed by atoms with Crippen molar-refractivity contribution < 1.29 is 9.53 Å². The number of benzene rings is 3. The largest absolute Gasteiger partial charge is 0.487 e. The second-order valence-corrected chi connectivity index (χ2v) is 7.86. The van der Waals surface area contributed by atoms with E-state index >= 15 is 0 Å². The number of amides is 2. The Labute approximate surface area is 178 Å². The number of aryl methyl sites for hydroxylation is 1. The Morgan fingerprint density at radius 3 is 2.55 bits per heavy atom. The highest BCUT2D eigenvalue weighted by atomic mass is 79.9. The van der Waals surface area contributed by atoms with Gasteiger partial charge in [-0.15, -0.1) is 0 Å². The van der Waals surface area contributed by atoms with Gasteiger partial charge in [-0.3, -0.25) is 0 Å². The lowest BCUT2D eigenvalue weighted by Crippen LogP contribution is -2.20. The van der Waals surface area contributed by atoms with Gasteiger partial charge in [-0.2, -0.15) is 0 Å². The highest BCUT2D eigenvalue weighted by Crippen LogP contribution is 2.41. The fourth-order valence-electron chi connectivity index (χ4n) is 3.40. The molecule has 4 rings (SSSR count). The van der Waals surface area contributed by atoms with Crippen LogP contribution in [0.25, 0.3) is 0 Å². The number of anilines is 2. The fraction of sp³-hybridized carbons (Fsp3) is 0.125. The maximum Gasteiger partial charge on any atom is 0.323 e. The van der Waals surface area contributed by atoms with Gasteiger partial charge in [0.1, 0.15) is 12.4 Å². The molecule has 0 saturated heterocycles. The van der Waals surface area contributed by atoms with Crippen molar-refractivity contribution in [2.24, 2.45) is 0 Å². The molecule has 3 aromatic rings. The summed E-state index contributed by atoms with van der Waals surface area (Å²) in [5, 5.41) is 5.81. The summed E-state index contributed by atoms with van der Waals surface area (Å²) in [5.41, 5.74) is 4.68. The zero-order valence-corrected chi connectivity index (χ0v) is 17.6. The predicted octanol–water partition coefficient (Wildman–Crippen LogP) is 6.48. The molecule has 2 amide bonds. The van der Waals surface area contributed by atoms with Crippen LogP contribution in [0.5, 0.6) is 5.75 Å². The molecule has 0 radical (unpaired) electrons. The molecule has 0 spiro atoms. The Bertz CT molecular complexity index is 1050. The molecule has 0 fully saturated rings. The van der Waals surface area contributed by atoms with E-state index in [1.807, 2.05) is 67.6 Å². The molecule has 0 saturated carbocycles. The summed E-state index contributed by atoms with van der Waals surface area (Å²) < 4.78 is 6.88. The van der Waals surface area contributed by atoms with E-state index in [1.165, 1.54) is 5.56 Å². The number of hydrogen-bond donors (Lipinski definition) is 2. The zero-order chi connectivity index (χ0) is 20.2. The predicted molar refractivity (Wildman–Crippen MR) is 121 cm³/mol. The topological polar surface area (TPSA) is 50.4 Å². The molecular weight excluding hydrogens is 428 g/mol. The summed E-state index contributed by atoms with van der Waals surface area (Å²) in [4.78, 5) is 12.6. The van der Waals surface area contributed by atoms with Crippen LogP contribution in [0, 0.1) is 6.92 Å². The van der Waals surface area contributed by atoms with Gasteiger partial charge < -0.3 is 15.4 Å². The normalized spacial score (nSPS) is 15.0. The van der Waals surface area contributed by atoms with Crippen molar-refractivity contribution >= 4 is 33.3 Å². The number of hydrogen-bond acceptors (Lipinski definition) is 2. The van der Waals surface area contributed by atoms with Crippen LogP contribution in [-0.4, -0.2) is 12.6 Å². The highest BCUT2D eigenvalue weighted by Gasteiger charge is 2.22. The Kier molecular flexibility index (Phi) is 5.67. The van der Waals surface area contributed by atoms with Crippen molar-refractivity contribution in [2.45, 2.75) is 12.8 Å². The number of carbonyl (C=O) groups is 1. The summed E-state index contributed by atoms with van der Waals surface area (Å²) in [6.07, 6.45) is 4.16. The number of halogens is 1. The van der Waals surface area contributed by atoms with E-state index in [9.17, 15) is 4.79 Å². The number of fused-ring (bicyclic) bond motifs is 1. The number of urea groups is 1. The first kappa shape index (κ1) is 19.3. The van der Waals surface area contributed by atoms with Crippen LogP contribution in [0.1, 0.15) is 22.6 Å². The van der Waals surface area contributed by atoms with Gasteiger partial charge in [0, 0.05) is 21.6 Å². The van der Waals surface area contributed by atoms with E-state index in [1.54, 1.807) is 0 Å². The third-order valence-electron chi connectivity index (χ3n) is 4.79. The quantitative estimate of drug-likeness (QED) is 0.450. The first-order valence-corrected chi connectivity index (χ1v) is 10.2. The average molecular weight is 449 g/mol. The van der Waals surface area contributed by atoms with Gasteiger partial charge in [-0.05, 0) is 36.8 Å². The Hall–Kier alpha value is -3.05. The molecule has 5 heteroatoms. The molecule has 1 aliphatic heterocycles. The van der Waals surface area contributed by atoms with Crippen LogP contribution in [-0.2, 0) is 0 Å². The standard InChI is InChI=1S/C24H21BrN2O2/c1-16-9-11-19(12-10-16)26-24(28)27-22-15-18(25)14-21-20(8-5-13-29-23(21)22)17-6-3-2-4-7-17/h2-12,14-15,20H,13H2,1H3,(H2,26,27,28). The zero-order valence-electron chi connectivity index (χ0n) is 16.0. The molecule has 1 aliphatic rings. The first-order chi connectivity index (χ1) is 14.1. The van der Waals surface area contributed by atoms with E-state index in [4.69, 9.17) is 4.74 Å². The Morgan fingerprint density at radius 1 is 1.03 bits per heavy atom. The van der Waals surface area contributed by atoms with Crippen molar-refractivity contribution in [1.29, 1.82) is 0 Å². The van der Waals surface area contributed by atoms with Crippen LogP contribution in [0.2, 0.25) is 0 Å². The molecule has 29 heavy (non-hydrogen) atoms. The molecule has 1 heterocycles. The summed E-state index contributed by atoms with van der Waals surface area (Å²) in [7, 11) is 0. The molecule has 146 valence electrons. The van der Waals surface area contributed by atoms with Crippen LogP contribution < -0.4 is 15.4 Å². The second kappa shape index (κ2) is 8.53. The van der Waals surface area contributed by atoms with Gasteiger partial charge >= 0.3 is 6.03 Å². The van der Waals surface area contributed by atoms with E-state index in [0.29, 0.717) is 18.0 Å². The minimum absolute atomic E-state index is 0.0481. The third kappa shape index (κ3) is 4.51. The van der Waals surface area contributed by atoms with Gasteiger partial charge in [0.2, 0.25) is 0 Å². The fourth-order valence-corrected chi connectivity index (χ4v) is 3.87. The number of carbonyl (C=O) groups excluding carboxylic acids is 1. The molecule has 1 unspecified atom stereocenters. The van der Waals surface area contributed by atoms with E-state index in [2.05, 4.69) is 44.8 Å². The van der Waals surface area contributed by atoms with Crippen molar-refractivity contribution in [2.75, 3.05) is 17.2 Å². The second-order valence-electron chi connectivity index (χ2n) is 6.94. The highest BCUT2D eigenvalue weighted by molar-refractivity contribution is 9.10. The van der Waals surface area contributed by atoms with E-state index < -0.39 is 0 Å². The summed E-state index contributed by atoms with van der Waals surface area (Å²) >= 11 is 3.58. The molecule has 4 nitrogen and oxygen atoms in total. The molecule has 0 bridgehead atoms. The first-order valence-electron chi connectivity index (χ1n) is 9.42. The van der Waals surface area contributed by atoms with Crippen LogP contribution in [0.3, 0.4) is 0 Å². The maximum atomic E-state index is 12.6. The van der Waals surface area contributed by atoms with Crippen molar-refractivity contribution in [3.63, 3.8) is 0 Å². The number of allylic oxidation sites excluding steroid dienone is 1. The van der Waals surface area contributed by atoms with Crippen LogP contribution in [0.4, 0.5) is 16.2 Å². The van der Waals surface area contributed by atoms with Gasteiger partial charge in [0.25, 0.3) is 0 Å². The van der Waals surface area contributed by atoms with Gasteiger partial charge in [-0.1, -0.05) is 76.1 Å². The van der Waals surface area contributed by atoms with Crippen LogP contribution in [0.15, 0.2) is 83.4 Å². The molecule has 0 aromatic heterocycles. The van der Waals surface area contributed by atoms with E-state index in [-0.39, 0.29) is 11.9 Å². The Morgan fingerprint density at radius 2 is 1.79 bits per heavy atom. The van der Waals surface area contributed by atoms with Gasteiger partial charge in [0.15, 0.2) is 0 Å². The smallest absolute Gasteiger partial charge is 0.323 e. The van der Waals surface area contributed by atoms with Crippen molar-refractivity contribution in [3.05, 3.63) is 100 Å². The number of rotatable bonds is 3. The monoisotopic (exact) mass is 448 g/mol. The number of nitrogens with one attached hydrogen (secondary N) is 2. The lowest BCUT2D eigenvalue weighted by molar-refractivity contribution is 0.262. The average Bonchev–Trinajstić information content (AvgIpc) is 2.93. The van der Waals surface area contributed by atoms with Crippen LogP contribution >= 0.6 is 15.9 Å². The maximum absolute atomic E-state index is 12.6. The molecular formula is C24H21BrN2O2. The summed E-state index contributed by atoms with van der Waals surface area (Å²) in [6.45, 7) is 2.46. The lowest BCUT2D eigenvalue weighted by atomic mass is 9.90. The minimum atomic E-state index is -0.314.